The highest BCUT2D eigenvalue weighted by Crippen LogP contribution is 2.14. The molecule has 19 heavy (non-hydrogen) atoms. The van der Waals surface area contributed by atoms with Crippen LogP contribution in [0.3, 0.4) is 0 Å². The number of hydrogen-bond donors (Lipinski definition) is 3. The van der Waals surface area contributed by atoms with Crippen molar-refractivity contribution in [1.82, 2.24) is 10.6 Å². The Morgan fingerprint density at radius 1 is 1.58 bits per heavy atom. The first-order chi connectivity index (χ1) is 9.13. The molecule has 3 N–H and O–H groups in total. The first-order valence-electron chi connectivity index (χ1n) is 6.45. The molecule has 1 heterocycles. The minimum absolute atomic E-state index is 0.150. The van der Waals surface area contributed by atoms with Crippen LogP contribution in [0.2, 0.25) is 0 Å². The summed E-state index contributed by atoms with van der Waals surface area (Å²) in [6.45, 7) is 4.35. The molecule has 0 spiro atoms. The first kappa shape index (κ1) is 16.3. The number of aliphatic hydroxyl groups excluding tert-OH is 1. The number of aliphatic hydroxyl groups is 1. The molecular formula is C13H22N2O2S2. The fourth-order valence-electron chi connectivity index (χ4n) is 1.52. The molecule has 1 aromatic heterocycles. The zero-order chi connectivity index (χ0) is 14.1. The van der Waals surface area contributed by atoms with Crippen molar-refractivity contribution in [2.75, 3.05) is 18.1 Å². The number of nitrogens with one attached hydrogen (secondary N) is 2. The quantitative estimate of drug-likeness (QED) is 0.647. The zero-order valence-corrected chi connectivity index (χ0v) is 13.0. The predicted octanol–water partition coefficient (Wildman–Crippen LogP) is 2.61. The molecule has 2 amide bonds. The third kappa shape index (κ3) is 6.84. The number of thioether (sulfide) groups is 1. The van der Waals surface area contributed by atoms with Crippen molar-refractivity contribution in [2.45, 2.75) is 32.4 Å². The van der Waals surface area contributed by atoms with Crippen molar-refractivity contribution in [2.24, 2.45) is 0 Å². The maximum atomic E-state index is 11.6. The van der Waals surface area contributed by atoms with Crippen LogP contribution in [0, 0.1) is 0 Å². The monoisotopic (exact) mass is 302 g/mol. The summed E-state index contributed by atoms with van der Waals surface area (Å²) in [5.74, 6) is 2.15. The van der Waals surface area contributed by atoms with Crippen LogP contribution < -0.4 is 10.6 Å². The van der Waals surface area contributed by atoms with Gasteiger partial charge in [0.15, 0.2) is 0 Å². The van der Waals surface area contributed by atoms with E-state index in [1.54, 1.807) is 0 Å². The van der Waals surface area contributed by atoms with Gasteiger partial charge in [0, 0.05) is 12.6 Å². The Balaban J connectivity index is 2.17. The van der Waals surface area contributed by atoms with Gasteiger partial charge in [-0.3, -0.25) is 0 Å². The highest BCUT2D eigenvalue weighted by atomic mass is 32.2. The van der Waals surface area contributed by atoms with E-state index in [2.05, 4.69) is 17.6 Å². The summed E-state index contributed by atoms with van der Waals surface area (Å²) in [7, 11) is 0. The van der Waals surface area contributed by atoms with E-state index in [1.165, 1.54) is 11.3 Å². The lowest BCUT2D eigenvalue weighted by Gasteiger charge is -2.15. The van der Waals surface area contributed by atoms with Crippen molar-refractivity contribution in [1.29, 1.82) is 0 Å². The van der Waals surface area contributed by atoms with Crippen molar-refractivity contribution in [3.05, 3.63) is 22.4 Å². The van der Waals surface area contributed by atoms with E-state index in [-0.39, 0.29) is 18.6 Å². The van der Waals surface area contributed by atoms with Gasteiger partial charge in [0.1, 0.15) is 0 Å². The summed E-state index contributed by atoms with van der Waals surface area (Å²) in [5, 5.41) is 19.2. The number of urea groups is 1. The van der Waals surface area contributed by atoms with Gasteiger partial charge in [-0.05, 0) is 47.2 Å². The fraction of sp³-hybridized carbons (Fsp3) is 0.615. The van der Waals surface area contributed by atoms with Gasteiger partial charge in [0.25, 0.3) is 0 Å². The van der Waals surface area contributed by atoms with Crippen LogP contribution in [0.15, 0.2) is 16.8 Å². The maximum absolute atomic E-state index is 11.6. The lowest BCUT2D eigenvalue weighted by Crippen LogP contribution is -2.42. The topological polar surface area (TPSA) is 61.4 Å². The second kappa shape index (κ2) is 9.23. The molecule has 0 fully saturated rings. The Hall–Kier alpha value is -0.720. The smallest absolute Gasteiger partial charge is 0.315 e. The SMILES string of the molecule is CCSCCC(C)NC(=O)NCC(O)c1ccsc1. The number of hydrogen-bond acceptors (Lipinski definition) is 4. The first-order valence-corrected chi connectivity index (χ1v) is 8.55. The van der Waals surface area contributed by atoms with E-state index in [1.807, 2.05) is 35.5 Å². The van der Waals surface area contributed by atoms with Crippen molar-refractivity contribution >= 4 is 29.1 Å². The van der Waals surface area contributed by atoms with Crippen LogP contribution in [0.4, 0.5) is 4.79 Å². The Labute approximate surface area is 123 Å². The summed E-state index contributed by atoms with van der Waals surface area (Å²) in [6.07, 6.45) is 0.321. The average Bonchev–Trinajstić information content (AvgIpc) is 2.90. The summed E-state index contributed by atoms with van der Waals surface area (Å²) in [5.41, 5.74) is 0.845. The van der Waals surface area contributed by atoms with Gasteiger partial charge >= 0.3 is 6.03 Å². The predicted molar refractivity (Wildman–Crippen MR) is 82.9 cm³/mol. The maximum Gasteiger partial charge on any atom is 0.315 e. The Kier molecular flexibility index (Phi) is 7.93. The average molecular weight is 302 g/mol. The van der Waals surface area contributed by atoms with Gasteiger partial charge in [-0.25, -0.2) is 4.79 Å². The van der Waals surface area contributed by atoms with Gasteiger partial charge < -0.3 is 15.7 Å². The number of carbonyl (C=O) groups is 1. The summed E-state index contributed by atoms with van der Waals surface area (Å²) in [4.78, 5) is 11.6. The van der Waals surface area contributed by atoms with Crippen molar-refractivity contribution in [3.63, 3.8) is 0 Å². The van der Waals surface area contributed by atoms with Crippen LogP contribution in [0.1, 0.15) is 31.9 Å². The number of rotatable bonds is 8. The van der Waals surface area contributed by atoms with Crippen LogP contribution >= 0.6 is 23.1 Å². The minimum atomic E-state index is -0.636. The van der Waals surface area contributed by atoms with E-state index in [0.29, 0.717) is 0 Å². The molecule has 0 aliphatic rings. The standard InChI is InChI=1S/C13H22N2O2S2/c1-3-18-6-4-10(2)15-13(17)14-8-12(16)11-5-7-19-9-11/h5,7,9-10,12,16H,3-4,6,8H2,1-2H3,(H2,14,15,17). The van der Waals surface area contributed by atoms with Gasteiger partial charge in [0.05, 0.1) is 6.10 Å². The minimum Gasteiger partial charge on any atom is -0.387 e. The van der Waals surface area contributed by atoms with E-state index in [9.17, 15) is 9.90 Å². The van der Waals surface area contributed by atoms with E-state index >= 15 is 0 Å². The zero-order valence-electron chi connectivity index (χ0n) is 11.4. The highest BCUT2D eigenvalue weighted by molar-refractivity contribution is 7.99. The number of thiophene rings is 1. The number of amides is 2. The highest BCUT2D eigenvalue weighted by Gasteiger charge is 2.11. The molecule has 108 valence electrons. The van der Waals surface area contributed by atoms with E-state index < -0.39 is 6.10 Å². The summed E-state index contributed by atoms with van der Waals surface area (Å²) < 4.78 is 0. The molecular weight excluding hydrogens is 280 g/mol. The Bertz CT molecular complexity index is 358. The fourth-order valence-corrected chi connectivity index (χ4v) is 3.04. The third-order valence-electron chi connectivity index (χ3n) is 2.66. The lowest BCUT2D eigenvalue weighted by atomic mass is 10.2. The molecule has 1 aromatic rings. The second-order valence-corrected chi connectivity index (χ2v) is 6.49. The van der Waals surface area contributed by atoms with Crippen molar-refractivity contribution in [3.8, 4) is 0 Å². The largest absolute Gasteiger partial charge is 0.387 e. The molecule has 2 atom stereocenters. The molecule has 0 bridgehead atoms. The molecule has 4 nitrogen and oxygen atoms in total. The molecule has 0 aliphatic carbocycles. The van der Waals surface area contributed by atoms with Gasteiger partial charge in [-0.1, -0.05) is 6.92 Å². The molecule has 1 rings (SSSR count). The van der Waals surface area contributed by atoms with Gasteiger partial charge in [-0.15, -0.1) is 0 Å². The van der Waals surface area contributed by atoms with E-state index in [0.717, 1.165) is 23.5 Å². The molecule has 0 aromatic carbocycles. The normalized spacial score (nSPS) is 13.8. The molecule has 0 saturated heterocycles. The van der Waals surface area contributed by atoms with Crippen molar-refractivity contribution < 1.29 is 9.90 Å². The van der Waals surface area contributed by atoms with Crippen LogP contribution in [0.25, 0.3) is 0 Å². The third-order valence-corrected chi connectivity index (χ3v) is 4.29. The molecule has 2 unspecified atom stereocenters. The van der Waals surface area contributed by atoms with E-state index in [4.69, 9.17) is 0 Å². The van der Waals surface area contributed by atoms with Gasteiger partial charge in [-0.2, -0.15) is 23.1 Å². The molecule has 0 aliphatic heterocycles. The molecule has 0 radical (unpaired) electrons. The Morgan fingerprint density at radius 2 is 2.37 bits per heavy atom. The van der Waals surface area contributed by atoms with Crippen LogP contribution in [-0.4, -0.2) is 35.2 Å². The lowest BCUT2D eigenvalue weighted by molar-refractivity contribution is 0.173. The summed E-state index contributed by atoms with van der Waals surface area (Å²) in [6, 6.07) is 1.79. The molecule has 6 heteroatoms. The molecule has 0 saturated carbocycles. The second-order valence-electron chi connectivity index (χ2n) is 4.31. The number of carbonyl (C=O) groups excluding carboxylic acids is 1. The Morgan fingerprint density at radius 3 is 3.00 bits per heavy atom. The summed E-state index contributed by atoms with van der Waals surface area (Å²) >= 11 is 3.40. The van der Waals surface area contributed by atoms with Crippen LogP contribution in [-0.2, 0) is 0 Å². The van der Waals surface area contributed by atoms with Gasteiger partial charge in [0.2, 0.25) is 0 Å². The van der Waals surface area contributed by atoms with Crippen LogP contribution in [0.5, 0.6) is 0 Å².